The fourth-order valence-corrected chi connectivity index (χ4v) is 3.89. The van der Waals surface area contributed by atoms with E-state index in [1.54, 1.807) is 42.5 Å². The number of nitrogens with zero attached hydrogens (tertiary/aromatic N) is 1. The molecule has 3 rings (SSSR count). The number of carbonyl (C=O) groups excluding carboxylic acids is 1. The second-order valence-electron chi connectivity index (χ2n) is 7.34. The number of benzene rings is 3. The summed E-state index contributed by atoms with van der Waals surface area (Å²) in [5, 5.41) is 4.07. The van der Waals surface area contributed by atoms with Crippen LogP contribution in [0.25, 0.3) is 0 Å². The number of amides is 1. The number of nitrogens with one attached hydrogen (secondary N) is 1. The van der Waals surface area contributed by atoms with Gasteiger partial charge < -0.3 is 18.9 Å². The summed E-state index contributed by atoms with van der Waals surface area (Å²) in [5.74, 6) is 1.36. The molecule has 0 saturated carbocycles. The first-order valence-corrected chi connectivity index (χ1v) is 12.1. The first-order chi connectivity index (χ1) is 17.4. The normalized spacial score (nSPS) is 10.7. The van der Waals surface area contributed by atoms with Crippen molar-refractivity contribution in [2.45, 2.75) is 13.5 Å². The van der Waals surface area contributed by atoms with E-state index < -0.39 is 5.91 Å². The van der Waals surface area contributed by atoms with Gasteiger partial charge in [-0.15, -0.1) is 0 Å². The molecule has 0 heterocycles. The van der Waals surface area contributed by atoms with Crippen molar-refractivity contribution >= 4 is 34.7 Å². The molecule has 0 saturated heterocycles. The maximum atomic E-state index is 13.1. The molecule has 0 radical (unpaired) electrons. The third kappa shape index (κ3) is 7.45. The molecule has 3 aromatic carbocycles. The number of hydrogen-bond donors (Lipinski definition) is 1. The summed E-state index contributed by atoms with van der Waals surface area (Å²) in [6, 6.07) is 14.6. The molecule has 0 aromatic heterocycles. The van der Waals surface area contributed by atoms with Gasteiger partial charge in [-0.2, -0.15) is 5.10 Å². The summed E-state index contributed by atoms with van der Waals surface area (Å²) in [6.45, 7) is 6.50. The van der Waals surface area contributed by atoms with E-state index >= 15 is 0 Å². The Morgan fingerprint density at radius 2 is 1.83 bits per heavy atom. The molecule has 0 unspecified atom stereocenters. The van der Waals surface area contributed by atoms with Crippen LogP contribution >= 0.6 is 22.6 Å². The standard InChI is InChI=1S/C27H26FIN2O5/c1-4-12-35-23-11-8-20(15-24(23)34-5-2)27(32)31-30-16-19-13-22(29)26(25(14-19)33-3)36-17-18-6-9-21(28)10-7-18/h4,6-11,13-16H,1,5,12,17H2,2-3H3,(H,31,32)/b30-16+. The molecule has 3 aromatic rings. The van der Waals surface area contributed by atoms with Crippen molar-refractivity contribution in [2.75, 3.05) is 20.3 Å². The summed E-state index contributed by atoms with van der Waals surface area (Å²) in [6.07, 6.45) is 3.14. The Morgan fingerprint density at radius 3 is 2.53 bits per heavy atom. The molecule has 9 heteroatoms. The molecule has 36 heavy (non-hydrogen) atoms. The van der Waals surface area contributed by atoms with E-state index in [4.69, 9.17) is 18.9 Å². The van der Waals surface area contributed by atoms with Gasteiger partial charge in [-0.05, 0) is 83.1 Å². The minimum Gasteiger partial charge on any atom is -0.493 e. The van der Waals surface area contributed by atoms with Crippen LogP contribution in [0.3, 0.4) is 0 Å². The first kappa shape index (κ1) is 27.0. The Balaban J connectivity index is 1.68. The molecule has 0 aliphatic heterocycles. The topological polar surface area (TPSA) is 78.4 Å². The van der Waals surface area contributed by atoms with Crippen molar-refractivity contribution in [3.05, 3.63) is 93.3 Å². The maximum Gasteiger partial charge on any atom is 0.271 e. The van der Waals surface area contributed by atoms with Crippen LogP contribution in [-0.4, -0.2) is 32.4 Å². The van der Waals surface area contributed by atoms with E-state index in [1.165, 1.54) is 25.5 Å². The Kier molecular flexibility index (Phi) is 10.1. The van der Waals surface area contributed by atoms with Gasteiger partial charge in [0.25, 0.3) is 5.91 Å². The van der Waals surface area contributed by atoms with Crippen molar-refractivity contribution < 1.29 is 28.1 Å². The number of halogens is 2. The Labute approximate surface area is 223 Å². The molecular formula is C27H26FIN2O5. The van der Waals surface area contributed by atoms with Gasteiger partial charge in [0, 0.05) is 5.56 Å². The molecule has 0 atom stereocenters. The van der Waals surface area contributed by atoms with Crippen molar-refractivity contribution in [3.8, 4) is 23.0 Å². The molecule has 0 fully saturated rings. The molecule has 0 bridgehead atoms. The van der Waals surface area contributed by atoms with Gasteiger partial charge in [-0.25, -0.2) is 9.82 Å². The van der Waals surface area contributed by atoms with E-state index in [-0.39, 0.29) is 12.4 Å². The number of rotatable bonds is 12. The van der Waals surface area contributed by atoms with E-state index in [0.717, 1.165) is 9.13 Å². The molecule has 188 valence electrons. The lowest BCUT2D eigenvalue weighted by molar-refractivity contribution is 0.0954. The minimum absolute atomic E-state index is 0.261. The first-order valence-electron chi connectivity index (χ1n) is 11.0. The van der Waals surface area contributed by atoms with Crippen LogP contribution in [0, 0.1) is 9.39 Å². The van der Waals surface area contributed by atoms with E-state index in [9.17, 15) is 9.18 Å². The fourth-order valence-electron chi connectivity index (χ4n) is 3.11. The summed E-state index contributed by atoms with van der Waals surface area (Å²) >= 11 is 2.14. The molecular weight excluding hydrogens is 578 g/mol. The summed E-state index contributed by atoms with van der Waals surface area (Å²) in [4.78, 5) is 12.6. The van der Waals surface area contributed by atoms with Gasteiger partial charge in [0.2, 0.25) is 0 Å². The molecule has 1 amide bonds. The zero-order chi connectivity index (χ0) is 25.9. The Morgan fingerprint density at radius 1 is 1.06 bits per heavy atom. The van der Waals surface area contributed by atoms with Gasteiger partial charge in [-0.3, -0.25) is 4.79 Å². The largest absolute Gasteiger partial charge is 0.493 e. The highest BCUT2D eigenvalue weighted by atomic mass is 127. The number of hydrazone groups is 1. The third-order valence-electron chi connectivity index (χ3n) is 4.79. The zero-order valence-corrected chi connectivity index (χ0v) is 22.1. The fraction of sp³-hybridized carbons (Fsp3) is 0.185. The van der Waals surface area contributed by atoms with E-state index in [1.807, 2.05) is 13.0 Å². The lowest BCUT2D eigenvalue weighted by atomic mass is 10.2. The zero-order valence-electron chi connectivity index (χ0n) is 19.9. The second kappa shape index (κ2) is 13.5. The van der Waals surface area contributed by atoms with Crippen LogP contribution < -0.4 is 24.4 Å². The third-order valence-corrected chi connectivity index (χ3v) is 5.59. The molecule has 0 aliphatic carbocycles. The highest BCUT2D eigenvalue weighted by Gasteiger charge is 2.13. The molecule has 7 nitrogen and oxygen atoms in total. The van der Waals surface area contributed by atoms with Crippen LogP contribution in [0.5, 0.6) is 23.0 Å². The Bertz CT molecular complexity index is 1230. The molecule has 1 N–H and O–H groups in total. The van der Waals surface area contributed by atoms with Crippen molar-refractivity contribution in [1.29, 1.82) is 0 Å². The van der Waals surface area contributed by atoms with Gasteiger partial charge >= 0.3 is 0 Å². The molecule has 0 aliphatic rings. The second-order valence-corrected chi connectivity index (χ2v) is 8.50. The SMILES string of the molecule is C=CCOc1ccc(C(=O)N/N=C/c2cc(I)c(OCc3ccc(F)cc3)c(OC)c2)cc1OCC. The van der Waals surface area contributed by atoms with Crippen LogP contribution in [0.4, 0.5) is 4.39 Å². The predicted octanol–water partition coefficient (Wildman–Crippen LogP) is 5.75. The highest BCUT2D eigenvalue weighted by molar-refractivity contribution is 14.1. The average molecular weight is 604 g/mol. The summed E-state index contributed by atoms with van der Waals surface area (Å²) in [7, 11) is 1.54. The predicted molar refractivity (Wildman–Crippen MR) is 145 cm³/mol. The van der Waals surface area contributed by atoms with Gasteiger partial charge in [0.15, 0.2) is 23.0 Å². The quantitative estimate of drug-likeness (QED) is 0.123. The summed E-state index contributed by atoms with van der Waals surface area (Å²) in [5.41, 5.74) is 4.42. The molecule has 0 spiro atoms. The van der Waals surface area contributed by atoms with Crippen LogP contribution in [-0.2, 0) is 6.61 Å². The van der Waals surface area contributed by atoms with Crippen molar-refractivity contribution in [1.82, 2.24) is 5.43 Å². The number of carbonyl (C=O) groups is 1. The number of hydrogen-bond acceptors (Lipinski definition) is 6. The van der Waals surface area contributed by atoms with Gasteiger partial charge in [0.1, 0.15) is 19.0 Å². The highest BCUT2D eigenvalue weighted by Crippen LogP contribution is 2.34. The smallest absolute Gasteiger partial charge is 0.271 e. The average Bonchev–Trinajstić information content (AvgIpc) is 2.88. The van der Waals surface area contributed by atoms with E-state index in [0.29, 0.717) is 47.3 Å². The van der Waals surface area contributed by atoms with Crippen molar-refractivity contribution in [2.24, 2.45) is 5.10 Å². The Hall–Kier alpha value is -3.60. The maximum absolute atomic E-state index is 13.1. The monoisotopic (exact) mass is 604 g/mol. The lowest BCUT2D eigenvalue weighted by Crippen LogP contribution is -2.17. The lowest BCUT2D eigenvalue weighted by Gasteiger charge is -2.13. The number of ether oxygens (including phenoxy) is 4. The van der Waals surface area contributed by atoms with Crippen LogP contribution in [0.1, 0.15) is 28.4 Å². The van der Waals surface area contributed by atoms with Gasteiger partial charge in [0.05, 0.1) is 23.5 Å². The van der Waals surface area contributed by atoms with Crippen LogP contribution in [0.2, 0.25) is 0 Å². The van der Waals surface area contributed by atoms with E-state index in [2.05, 4.69) is 39.7 Å². The summed E-state index contributed by atoms with van der Waals surface area (Å²) < 4.78 is 36.4. The van der Waals surface area contributed by atoms with Crippen LogP contribution in [0.15, 0.2) is 72.4 Å². The minimum atomic E-state index is -0.400. The number of methoxy groups -OCH3 is 1. The van der Waals surface area contributed by atoms with Gasteiger partial charge in [-0.1, -0.05) is 24.8 Å². The van der Waals surface area contributed by atoms with Crippen molar-refractivity contribution in [3.63, 3.8) is 0 Å².